The summed E-state index contributed by atoms with van der Waals surface area (Å²) in [5, 5.41) is 0. The normalized spacial score (nSPS) is 11.5. The van der Waals surface area contributed by atoms with Gasteiger partial charge in [0.2, 0.25) is 0 Å². The minimum Gasteiger partial charge on any atom is -0.454 e. The van der Waals surface area contributed by atoms with Gasteiger partial charge in [0.25, 0.3) is 0 Å². The molecule has 0 N–H and O–H groups in total. The molecule has 1 amide bonds. The number of esters is 1. The number of alkyl halides is 3. The van der Waals surface area contributed by atoms with Crippen LogP contribution in [0.25, 0.3) is 0 Å². The second kappa shape index (κ2) is 5.38. The predicted octanol–water partition coefficient (Wildman–Crippen LogP) is 0.736. The van der Waals surface area contributed by atoms with Gasteiger partial charge in [-0.3, -0.25) is 4.79 Å². The third kappa shape index (κ3) is 6.53. The van der Waals surface area contributed by atoms with Crippen molar-refractivity contribution < 1.29 is 27.5 Å². The van der Waals surface area contributed by atoms with E-state index in [0.29, 0.717) is 6.08 Å². The van der Waals surface area contributed by atoms with Gasteiger partial charge in [0.15, 0.2) is 0 Å². The van der Waals surface area contributed by atoms with Crippen LogP contribution in [0, 0.1) is 0 Å². The van der Waals surface area contributed by atoms with Crippen LogP contribution in [0.4, 0.5) is 13.2 Å². The second-order valence-corrected chi connectivity index (χ2v) is 2.74. The summed E-state index contributed by atoms with van der Waals surface area (Å²) < 4.78 is 38.9. The van der Waals surface area contributed by atoms with E-state index in [-0.39, 0.29) is 6.08 Å². The Hall–Kier alpha value is -1.53. The van der Waals surface area contributed by atoms with Gasteiger partial charge < -0.3 is 9.64 Å². The molecule has 0 aliphatic carbocycles. The first-order valence-electron chi connectivity index (χ1n) is 3.87. The van der Waals surface area contributed by atoms with E-state index in [9.17, 15) is 22.8 Å². The van der Waals surface area contributed by atoms with Crippen LogP contribution < -0.4 is 0 Å². The number of hydrogen-bond acceptors (Lipinski definition) is 3. The molecule has 0 aromatic heterocycles. The minimum absolute atomic E-state index is 0.0690. The first-order chi connectivity index (χ1) is 6.74. The number of carbonyl (C=O) groups excluding carboxylic acids is 2. The molecule has 0 rings (SSSR count). The van der Waals surface area contributed by atoms with Crippen LogP contribution in [0.2, 0.25) is 0 Å². The zero-order valence-corrected chi connectivity index (χ0v) is 8.17. The summed E-state index contributed by atoms with van der Waals surface area (Å²) in [5.41, 5.74) is 0. The highest BCUT2D eigenvalue weighted by Crippen LogP contribution is 2.15. The van der Waals surface area contributed by atoms with Gasteiger partial charge in [-0.1, -0.05) is 0 Å². The second-order valence-electron chi connectivity index (χ2n) is 2.74. The fourth-order valence-corrected chi connectivity index (χ4v) is 0.550. The van der Waals surface area contributed by atoms with Gasteiger partial charge in [0.1, 0.15) is 6.61 Å². The van der Waals surface area contributed by atoms with Crippen LogP contribution in [0.15, 0.2) is 12.2 Å². The Morgan fingerprint density at radius 2 is 1.87 bits per heavy atom. The number of nitrogens with zero attached hydrogens (tertiary/aromatic N) is 1. The molecule has 0 spiro atoms. The summed E-state index contributed by atoms with van der Waals surface area (Å²) in [6.45, 7) is -0.585. The number of allylic oxidation sites excluding steroid dienone is 1. The molecule has 0 atom stereocenters. The Kier molecular flexibility index (Phi) is 4.83. The number of rotatable bonds is 2. The predicted molar refractivity (Wildman–Crippen MR) is 44.8 cm³/mol. The number of halogens is 3. The van der Waals surface area contributed by atoms with Gasteiger partial charge in [-0.15, -0.1) is 0 Å². The van der Waals surface area contributed by atoms with Crippen LogP contribution in [0.1, 0.15) is 0 Å². The van der Waals surface area contributed by atoms with Crippen LogP contribution in [0.3, 0.4) is 0 Å². The minimum atomic E-state index is -4.45. The molecular weight excluding hydrogens is 215 g/mol. The highest BCUT2D eigenvalue weighted by atomic mass is 19.4. The first-order valence-corrected chi connectivity index (χ1v) is 3.87. The molecule has 15 heavy (non-hydrogen) atoms. The molecule has 4 nitrogen and oxygen atoms in total. The summed E-state index contributed by atoms with van der Waals surface area (Å²) in [4.78, 5) is 22.6. The van der Waals surface area contributed by atoms with E-state index in [0.717, 1.165) is 4.90 Å². The molecule has 0 saturated heterocycles. The van der Waals surface area contributed by atoms with Crippen LogP contribution in [-0.4, -0.2) is 43.7 Å². The highest BCUT2D eigenvalue weighted by Gasteiger charge is 2.22. The quantitative estimate of drug-likeness (QED) is 0.395. The molecule has 0 aromatic rings. The van der Waals surface area contributed by atoms with E-state index < -0.39 is 24.7 Å². The van der Waals surface area contributed by atoms with Gasteiger partial charge in [-0.05, 0) is 6.08 Å². The lowest BCUT2D eigenvalue weighted by Gasteiger charge is -2.08. The van der Waals surface area contributed by atoms with Crippen LogP contribution in [0.5, 0.6) is 0 Å². The molecule has 7 heteroatoms. The van der Waals surface area contributed by atoms with Crippen molar-refractivity contribution >= 4 is 11.9 Å². The zero-order valence-electron chi connectivity index (χ0n) is 8.17. The average molecular weight is 225 g/mol. The molecular formula is C8H10F3NO3. The topological polar surface area (TPSA) is 46.6 Å². The fraction of sp³-hybridized carbons (Fsp3) is 0.500. The summed E-state index contributed by atoms with van der Waals surface area (Å²) in [6, 6.07) is 0. The standard InChI is InChI=1S/C8H10F3NO3/c1-12(2)6(13)7(14)15-5-3-4-8(9,10)11/h3-4H,5H2,1-2H3/b4-3+. The van der Waals surface area contributed by atoms with Gasteiger partial charge in [-0.25, -0.2) is 4.79 Å². The molecule has 86 valence electrons. The molecule has 0 aliphatic heterocycles. The Labute approximate surface area is 84.3 Å². The maximum absolute atomic E-state index is 11.6. The van der Waals surface area contributed by atoms with E-state index in [2.05, 4.69) is 4.74 Å². The monoisotopic (exact) mass is 225 g/mol. The van der Waals surface area contributed by atoms with E-state index in [1.54, 1.807) is 0 Å². The molecule has 0 aliphatic rings. The Bertz CT molecular complexity index is 271. The van der Waals surface area contributed by atoms with Crippen LogP contribution in [-0.2, 0) is 14.3 Å². The lowest BCUT2D eigenvalue weighted by Crippen LogP contribution is -2.31. The average Bonchev–Trinajstić information content (AvgIpc) is 2.09. The van der Waals surface area contributed by atoms with Crippen LogP contribution >= 0.6 is 0 Å². The van der Waals surface area contributed by atoms with Crippen molar-refractivity contribution in [3.63, 3.8) is 0 Å². The number of carbonyl (C=O) groups is 2. The third-order valence-electron chi connectivity index (χ3n) is 1.20. The maximum Gasteiger partial charge on any atom is 0.409 e. The molecule has 0 fully saturated rings. The molecule has 0 radical (unpaired) electrons. The van der Waals surface area contributed by atoms with Crippen molar-refractivity contribution in [3.8, 4) is 0 Å². The Morgan fingerprint density at radius 1 is 1.33 bits per heavy atom. The smallest absolute Gasteiger partial charge is 0.409 e. The van der Waals surface area contributed by atoms with Crippen molar-refractivity contribution in [2.24, 2.45) is 0 Å². The van der Waals surface area contributed by atoms with Crippen molar-refractivity contribution in [1.82, 2.24) is 4.90 Å². The SMILES string of the molecule is CN(C)C(=O)C(=O)OC/C=C/C(F)(F)F. The van der Waals surface area contributed by atoms with Gasteiger partial charge in [-0.2, -0.15) is 13.2 Å². The van der Waals surface area contributed by atoms with E-state index in [1.807, 2.05) is 0 Å². The lowest BCUT2D eigenvalue weighted by molar-refractivity contribution is -0.158. The van der Waals surface area contributed by atoms with Gasteiger partial charge in [0, 0.05) is 20.2 Å². The molecule has 0 heterocycles. The largest absolute Gasteiger partial charge is 0.454 e. The summed E-state index contributed by atoms with van der Waals surface area (Å²) in [5.74, 6) is -2.11. The summed E-state index contributed by atoms with van der Waals surface area (Å²) in [7, 11) is 2.66. The van der Waals surface area contributed by atoms with Crippen molar-refractivity contribution in [2.45, 2.75) is 6.18 Å². The third-order valence-corrected chi connectivity index (χ3v) is 1.20. The van der Waals surface area contributed by atoms with Gasteiger partial charge in [0.05, 0.1) is 0 Å². The fourth-order valence-electron chi connectivity index (χ4n) is 0.550. The summed E-state index contributed by atoms with van der Waals surface area (Å²) >= 11 is 0. The Balaban J connectivity index is 3.94. The first kappa shape index (κ1) is 13.5. The van der Waals surface area contributed by atoms with E-state index in [4.69, 9.17) is 0 Å². The van der Waals surface area contributed by atoms with Crippen molar-refractivity contribution in [1.29, 1.82) is 0 Å². The summed E-state index contributed by atoms with van der Waals surface area (Å²) in [6.07, 6.45) is -3.90. The number of likely N-dealkylation sites (N-methyl/N-ethyl adjacent to an activating group) is 1. The van der Waals surface area contributed by atoms with Gasteiger partial charge >= 0.3 is 18.1 Å². The Morgan fingerprint density at radius 3 is 2.27 bits per heavy atom. The molecule has 0 bridgehead atoms. The molecule has 0 unspecified atom stereocenters. The highest BCUT2D eigenvalue weighted by molar-refractivity contribution is 6.32. The maximum atomic E-state index is 11.6. The van der Waals surface area contributed by atoms with Crippen molar-refractivity contribution in [2.75, 3.05) is 20.7 Å². The van der Waals surface area contributed by atoms with Crippen molar-refractivity contribution in [3.05, 3.63) is 12.2 Å². The zero-order chi connectivity index (χ0) is 12.1. The molecule has 0 aromatic carbocycles. The number of ether oxygens (including phenoxy) is 1. The van der Waals surface area contributed by atoms with E-state index in [1.165, 1.54) is 14.1 Å². The number of amides is 1. The lowest BCUT2D eigenvalue weighted by atomic mass is 10.5. The molecule has 0 saturated carbocycles. The van der Waals surface area contributed by atoms with E-state index >= 15 is 0 Å². The number of hydrogen-bond donors (Lipinski definition) is 0.